The van der Waals surface area contributed by atoms with Crippen LogP contribution in [-0.4, -0.2) is 81.1 Å². The van der Waals surface area contributed by atoms with Crippen molar-refractivity contribution >= 4 is 25.5 Å². The van der Waals surface area contributed by atoms with E-state index in [-0.39, 0.29) is 37.0 Å². The van der Waals surface area contributed by atoms with Crippen molar-refractivity contribution in [1.82, 2.24) is 20.6 Å². The molecule has 0 aliphatic carbocycles. The second kappa shape index (κ2) is 9.76. The number of nitrogens with one attached hydrogen (secondary N) is 1. The molecule has 3 rings (SSSR count). The predicted octanol–water partition coefficient (Wildman–Crippen LogP) is -1.97. The van der Waals surface area contributed by atoms with E-state index < -0.39 is 41.3 Å². The van der Waals surface area contributed by atoms with Gasteiger partial charge in [0, 0.05) is 25.4 Å². The van der Waals surface area contributed by atoms with Crippen molar-refractivity contribution in [2.75, 3.05) is 43.4 Å². The van der Waals surface area contributed by atoms with Crippen molar-refractivity contribution in [1.29, 1.82) is 0 Å². The molecule has 13 nitrogen and oxygen atoms in total. The third-order valence-electron chi connectivity index (χ3n) is 5.62. The summed E-state index contributed by atoms with van der Waals surface area (Å²) in [5.74, 6) is -0.949. The average molecular weight is 489 g/mol. The van der Waals surface area contributed by atoms with Crippen LogP contribution in [0.4, 0.5) is 5.69 Å². The number of rotatable bonds is 9. The summed E-state index contributed by atoms with van der Waals surface area (Å²) in [6.45, 7) is 1.16. The third-order valence-corrected chi connectivity index (χ3v) is 8.67. The Morgan fingerprint density at radius 1 is 1.16 bits per heavy atom. The molecule has 0 atom stereocenters. The van der Waals surface area contributed by atoms with Crippen molar-refractivity contribution < 1.29 is 21.9 Å². The number of aromatic amines is 1. The van der Waals surface area contributed by atoms with Gasteiger partial charge in [0.25, 0.3) is 0 Å². The first kappa shape index (κ1) is 24.5. The highest BCUT2D eigenvalue weighted by Crippen LogP contribution is 2.40. The van der Waals surface area contributed by atoms with Crippen molar-refractivity contribution in [3.63, 3.8) is 0 Å². The Kier molecular flexibility index (Phi) is 7.46. The molecule has 32 heavy (non-hydrogen) atoms. The highest BCUT2D eigenvalue weighted by atomic mass is 32.2. The normalized spacial score (nSPS) is 16.1. The number of H-pyrrole nitrogens is 1. The highest BCUT2D eigenvalue weighted by Gasteiger charge is 2.34. The molecule has 8 N–H and O–H groups in total. The number of hydrogen-bond donors (Lipinski definition) is 5. The van der Waals surface area contributed by atoms with E-state index in [2.05, 4.69) is 20.6 Å². The topological polar surface area (TPSA) is 224 Å². The molecule has 1 aliphatic heterocycles. The van der Waals surface area contributed by atoms with Crippen LogP contribution in [0.2, 0.25) is 0 Å². The Hall–Kier alpha value is -2.17. The van der Waals surface area contributed by atoms with Crippen LogP contribution >= 0.6 is 0 Å². The monoisotopic (exact) mass is 488 g/mol. The minimum atomic E-state index is -4.53. The molecule has 2 heterocycles. The van der Waals surface area contributed by atoms with Gasteiger partial charge in [0.15, 0.2) is 9.84 Å². The highest BCUT2D eigenvalue weighted by molar-refractivity contribution is 7.93. The Morgan fingerprint density at radius 2 is 1.81 bits per heavy atom. The maximum atomic E-state index is 13.2. The van der Waals surface area contributed by atoms with E-state index in [0.29, 0.717) is 31.6 Å². The van der Waals surface area contributed by atoms with E-state index in [0.717, 1.165) is 0 Å². The first-order chi connectivity index (χ1) is 15.1. The molecular weight excluding hydrogens is 460 g/mol. The van der Waals surface area contributed by atoms with E-state index in [1.54, 1.807) is 0 Å². The average Bonchev–Trinajstić information content (AvgIpc) is 3.30. The van der Waals surface area contributed by atoms with Crippen molar-refractivity contribution in [3.05, 3.63) is 12.1 Å². The van der Waals surface area contributed by atoms with Gasteiger partial charge in [0.05, 0.1) is 16.2 Å². The van der Waals surface area contributed by atoms with E-state index in [1.165, 1.54) is 12.1 Å². The molecule has 0 saturated carbocycles. The number of aliphatic hydroxyl groups is 1. The number of benzene rings is 1. The second-order valence-corrected chi connectivity index (χ2v) is 11.3. The summed E-state index contributed by atoms with van der Waals surface area (Å²) >= 11 is 0. The maximum absolute atomic E-state index is 13.2. The van der Waals surface area contributed by atoms with Gasteiger partial charge in [-0.05, 0) is 55.1 Å². The molecule has 15 heteroatoms. The number of nitrogens with two attached hydrogens (primary N) is 3. The number of nitrogens with zero attached hydrogens (tertiary/aromatic N) is 4. The van der Waals surface area contributed by atoms with Crippen LogP contribution in [0.25, 0.3) is 11.4 Å². The first-order valence-electron chi connectivity index (χ1n) is 10.0. The summed E-state index contributed by atoms with van der Waals surface area (Å²) in [5, 5.41) is 28.5. The molecular formula is C17H28N8O5S2. The van der Waals surface area contributed by atoms with Crippen LogP contribution in [0.15, 0.2) is 21.9 Å². The number of piperidine rings is 1. The van der Waals surface area contributed by atoms with E-state index in [9.17, 15) is 21.9 Å². The van der Waals surface area contributed by atoms with E-state index in [1.807, 2.05) is 4.90 Å². The minimum Gasteiger partial charge on any atom is -0.396 e. The van der Waals surface area contributed by atoms with Crippen LogP contribution in [0.5, 0.6) is 0 Å². The van der Waals surface area contributed by atoms with Crippen molar-refractivity contribution in [2.24, 2.45) is 28.4 Å². The molecule has 1 aliphatic rings. The number of tetrazole rings is 1. The molecule has 1 aromatic heterocycles. The quantitative estimate of drug-likeness (QED) is 0.260. The molecule has 178 valence electrons. The molecule has 1 saturated heterocycles. The SMILES string of the molecule is NCC(CN)CS(=O)(=O)c1ccc(N2CCC(CO)CC2)c(-c2nn[nH]n2)c1S(N)(=O)=O. The molecule has 0 bridgehead atoms. The molecule has 0 radical (unpaired) electrons. The lowest BCUT2D eigenvalue weighted by atomic mass is 9.97. The van der Waals surface area contributed by atoms with Crippen LogP contribution in [0.1, 0.15) is 12.8 Å². The summed E-state index contributed by atoms with van der Waals surface area (Å²) in [4.78, 5) is 0.847. The fourth-order valence-electron chi connectivity index (χ4n) is 3.82. The number of sulfonamides is 1. The summed E-state index contributed by atoms with van der Waals surface area (Å²) in [7, 11) is -8.66. The smallest absolute Gasteiger partial charge is 0.240 e. The number of anilines is 1. The van der Waals surface area contributed by atoms with Crippen LogP contribution < -0.4 is 21.5 Å². The van der Waals surface area contributed by atoms with Gasteiger partial charge in [0.2, 0.25) is 15.8 Å². The zero-order valence-electron chi connectivity index (χ0n) is 17.4. The Balaban J connectivity index is 2.23. The molecule has 2 aromatic rings. The minimum absolute atomic E-state index is 0.0238. The number of aromatic nitrogens is 4. The van der Waals surface area contributed by atoms with Crippen molar-refractivity contribution in [3.8, 4) is 11.4 Å². The number of aliphatic hydroxyl groups excluding tert-OH is 1. The lowest BCUT2D eigenvalue weighted by Crippen LogP contribution is -2.35. The fourth-order valence-corrected chi connectivity index (χ4v) is 7.11. The predicted molar refractivity (Wildman–Crippen MR) is 117 cm³/mol. The van der Waals surface area contributed by atoms with Crippen molar-refractivity contribution in [2.45, 2.75) is 22.6 Å². The van der Waals surface area contributed by atoms with E-state index in [4.69, 9.17) is 16.6 Å². The number of primary sulfonamides is 1. The third kappa shape index (κ3) is 5.07. The lowest BCUT2D eigenvalue weighted by molar-refractivity contribution is 0.203. The molecule has 1 fully saturated rings. The number of sulfone groups is 1. The van der Waals surface area contributed by atoms with Gasteiger partial charge in [-0.25, -0.2) is 22.0 Å². The van der Waals surface area contributed by atoms with Gasteiger partial charge < -0.3 is 21.5 Å². The zero-order valence-corrected chi connectivity index (χ0v) is 19.0. The van der Waals surface area contributed by atoms with Crippen LogP contribution in [0, 0.1) is 11.8 Å². The second-order valence-electron chi connectivity index (χ2n) is 7.80. The van der Waals surface area contributed by atoms with Gasteiger partial charge in [-0.15, -0.1) is 10.2 Å². The molecule has 1 aromatic carbocycles. The number of hydrogen-bond acceptors (Lipinski definition) is 11. The van der Waals surface area contributed by atoms with Crippen LogP contribution in [-0.2, 0) is 19.9 Å². The summed E-state index contributed by atoms with van der Waals surface area (Å²) < 4.78 is 51.8. The van der Waals surface area contributed by atoms with Gasteiger partial charge in [-0.2, -0.15) is 5.21 Å². The first-order valence-corrected chi connectivity index (χ1v) is 13.2. The summed E-state index contributed by atoms with van der Waals surface area (Å²) in [6, 6.07) is 2.75. The maximum Gasteiger partial charge on any atom is 0.240 e. The fraction of sp³-hybridized carbons (Fsp3) is 0.588. The zero-order chi connectivity index (χ0) is 23.5. The largest absolute Gasteiger partial charge is 0.396 e. The van der Waals surface area contributed by atoms with Gasteiger partial charge in [-0.3, -0.25) is 0 Å². The Labute approximate surface area is 186 Å². The molecule has 0 unspecified atom stereocenters. The Morgan fingerprint density at radius 3 is 2.31 bits per heavy atom. The summed E-state index contributed by atoms with van der Waals surface area (Å²) in [6.07, 6.45) is 1.36. The summed E-state index contributed by atoms with van der Waals surface area (Å²) in [5.41, 5.74) is 11.6. The van der Waals surface area contributed by atoms with Gasteiger partial charge >= 0.3 is 0 Å². The lowest BCUT2D eigenvalue weighted by Gasteiger charge is -2.34. The molecule has 0 spiro atoms. The van der Waals surface area contributed by atoms with Gasteiger partial charge in [-0.1, -0.05) is 0 Å². The van der Waals surface area contributed by atoms with E-state index >= 15 is 0 Å². The molecule has 0 amide bonds. The Bertz CT molecular complexity index is 1130. The standard InChI is InChI=1S/C17H28N8O5S2/c18-7-12(8-19)10-31(27,28)14-2-1-13(25-5-3-11(9-26)4-6-25)15(16(14)32(20,29)30)17-21-23-24-22-17/h1-2,11-12,26H,3-10,18-19H2,(H2,20,29,30)(H,21,22,23,24). The van der Waals surface area contributed by atoms with Crippen LogP contribution in [0.3, 0.4) is 0 Å². The van der Waals surface area contributed by atoms with Gasteiger partial charge in [0.1, 0.15) is 4.90 Å².